The molecule has 0 saturated carbocycles. The summed E-state index contributed by atoms with van der Waals surface area (Å²) in [4.78, 5) is 6.53. The number of rotatable bonds is 5. The predicted molar refractivity (Wildman–Crippen MR) is 82.8 cm³/mol. The summed E-state index contributed by atoms with van der Waals surface area (Å²) in [5.41, 5.74) is 1.77. The third-order valence-corrected chi connectivity index (χ3v) is 3.94. The fraction of sp³-hybridized carbons (Fsp3) is 0.706. The fourth-order valence-electron chi connectivity index (χ4n) is 2.54. The molecule has 1 saturated heterocycles. The highest BCUT2D eigenvalue weighted by molar-refractivity contribution is 5.11. The SMILES string of the molecule is CC(C)(COC1CN(C(C)(C)C)C1)Cc1ccncc1. The minimum absolute atomic E-state index is 0.170. The molecule has 2 heterocycles. The van der Waals surface area contributed by atoms with Crippen molar-refractivity contribution in [1.82, 2.24) is 9.88 Å². The van der Waals surface area contributed by atoms with Crippen LogP contribution in [0.1, 0.15) is 40.2 Å². The van der Waals surface area contributed by atoms with Crippen LogP contribution in [0.25, 0.3) is 0 Å². The molecule has 1 fully saturated rings. The van der Waals surface area contributed by atoms with Gasteiger partial charge in [-0.3, -0.25) is 9.88 Å². The van der Waals surface area contributed by atoms with Crippen LogP contribution in [0.3, 0.4) is 0 Å². The molecule has 0 radical (unpaired) electrons. The molecule has 3 heteroatoms. The lowest BCUT2D eigenvalue weighted by atomic mass is 9.87. The normalized spacial score (nSPS) is 18.1. The number of aromatic nitrogens is 1. The topological polar surface area (TPSA) is 25.4 Å². The molecule has 0 bridgehead atoms. The van der Waals surface area contributed by atoms with Gasteiger partial charge in [-0.25, -0.2) is 0 Å². The maximum atomic E-state index is 6.08. The lowest BCUT2D eigenvalue weighted by Gasteiger charge is -2.47. The number of hydrogen-bond acceptors (Lipinski definition) is 3. The van der Waals surface area contributed by atoms with Crippen LogP contribution in [0.15, 0.2) is 24.5 Å². The van der Waals surface area contributed by atoms with E-state index in [2.05, 4.69) is 56.6 Å². The largest absolute Gasteiger partial charge is 0.375 e. The minimum atomic E-state index is 0.170. The molecule has 0 unspecified atom stereocenters. The van der Waals surface area contributed by atoms with E-state index >= 15 is 0 Å². The third-order valence-electron chi connectivity index (χ3n) is 3.94. The summed E-state index contributed by atoms with van der Waals surface area (Å²) < 4.78 is 6.08. The maximum absolute atomic E-state index is 6.08. The van der Waals surface area contributed by atoms with Crippen molar-refractivity contribution < 1.29 is 4.74 Å². The van der Waals surface area contributed by atoms with E-state index in [1.807, 2.05) is 12.4 Å². The van der Waals surface area contributed by atoms with E-state index in [-0.39, 0.29) is 11.0 Å². The molecule has 0 spiro atoms. The highest BCUT2D eigenvalue weighted by atomic mass is 16.5. The Bertz CT molecular complexity index is 416. The van der Waals surface area contributed by atoms with Gasteiger partial charge in [-0.05, 0) is 50.3 Å². The summed E-state index contributed by atoms with van der Waals surface area (Å²) in [5, 5.41) is 0. The summed E-state index contributed by atoms with van der Waals surface area (Å²) in [6.07, 6.45) is 5.16. The Kier molecular flexibility index (Phi) is 4.50. The molecule has 0 N–H and O–H groups in total. The molecular formula is C17H28N2O. The van der Waals surface area contributed by atoms with Crippen molar-refractivity contribution in [2.45, 2.75) is 52.7 Å². The number of hydrogen-bond donors (Lipinski definition) is 0. The summed E-state index contributed by atoms with van der Waals surface area (Å²) >= 11 is 0. The maximum Gasteiger partial charge on any atom is 0.0829 e. The van der Waals surface area contributed by atoms with E-state index in [1.54, 1.807) is 0 Å². The van der Waals surface area contributed by atoms with Gasteiger partial charge < -0.3 is 4.74 Å². The first-order valence-corrected chi connectivity index (χ1v) is 7.52. The van der Waals surface area contributed by atoms with Crippen LogP contribution < -0.4 is 0 Å². The zero-order valence-electron chi connectivity index (χ0n) is 13.5. The standard InChI is InChI=1S/C17H28N2O/c1-16(2,3)19-11-15(12-19)20-13-17(4,5)10-14-6-8-18-9-7-14/h6-9,15H,10-13H2,1-5H3. The van der Waals surface area contributed by atoms with Crippen LogP contribution in [0, 0.1) is 5.41 Å². The lowest BCUT2D eigenvalue weighted by Crippen LogP contribution is -2.60. The van der Waals surface area contributed by atoms with E-state index in [4.69, 9.17) is 4.74 Å². The summed E-state index contributed by atoms with van der Waals surface area (Å²) in [5.74, 6) is 0. The second-order valence-corrected chi connectivity index (χ2v) is 7.71. The number of likely N-dealkylation sites (tertiary alicyclic amines) is 1. The van der Waals surface area contributed by atoms with Crippen LogP contribution in [0.2, 0.25) is 0 Å². The molecule has 2 rings (SSSR count). The van der Waals surface area contributed by atoms with Gasteiger partial charge in [0.1, 0.15) is 0 Å². The van der Waals surface area contributed by atoms with Crippen molar-refractivity contribution in [2.75, 3.05) is 19.7 Å². The number of ether oxygens (including phenoxy) is 1. The van der Waals surface area contributed by atoms with Crippen LogP contribution in [0.5, 0.6) is 0 Å². The van der Waals surface area contributed by atoms with E-state index in [1.165, 1.54) is 5.56 Å². The predicted octanol–water partition coefficient (Wildman–Crippen LogP) is 3.15. The highest BCUT2D eigenvalue weighted by Crippen LogP contribution is 2.26. The van der Waals surface area contributed by atoms with Crippen LogP contribution >= 0.6 is 0 Å². The number of nitrogens with zero attached hydrogens (tertiary/aromatic N) is 2. The van der Waals surface area contributed by atoms with Gasteiger partial charge in [0.05, 0.1) is 12.7 Å². The van der Waals surface area contributed by atoms with Gasteiger partial charge in [0.2, 0.25) is 0 Å². The molecule has 1 aromatic rings. The van der Waals surface area contributed by atoms with Crippen molar-refractivity contribution in [3.63, 3.8) is 0 Å². The first kappa shape index (κ1) is 15.5. The van der Waals surface area contributed by atoms with Gasteiger partial charge in [-0.2, -0.15) is 0 Å². The first-order valence-electron chi connectivity index (χ1n) is 7.52. The second-order valence-electron chi connectivity index (χ2n) is 7.71. The molecule has 1 aromatic heterocycles. The molecule has 0 atom stereocenters. The molecule has 3 nitrogen and oxygen atoms in total. The van der Waals surface area contributed by atoms with Gasteiger partial charge in [-0.1, -0.05) is 13.8 Å². The van der Waals surface area contributed by atoms with Crippen molar-refractivity contribution >= 4 is 0 Å². The quantitative estimate of drug-likeness (QED) is 0.826. The first-order chi connectivity index (χ1) is 9.26. The smallest absolute Gasteiger partial charge is 0.0829 e. The molecule has 0 aliphatic carbocycles. The molecular weight excluding hydrogens is 248 g/mol. The zero-order valence-corrected chi connectivity index (χ0v) is 13.5. The van der Waals surface area contributed by atoms with Crippen molar-refractivity contribution in [2.24, 2.45) is 5.41 Å². The van der Waals surface area contributed by atoms with E-state index in [0.717, 1.165) is 26.1 Å². The zero-order chi connectivity index (χ0) is 14.8. The van der Waals surface area contributed by atoms with Gasteiger partial charge in [0, 0.05) is 31.0 Å². The molecule has 20 heavy (non-hydrogen) atoms. The van der Waals surface area contributed by atoms with Crippen LogP contribution in [-0.4, -0.2) is 41.2 Å². The van der Waals surface area contributed by atoms with Gasteiger partial charge >= 0.3 is 0 Å². The van der Waals surface area contributed by atoms with E-state index < -0.39 is 0 Å². The molecule has 0 aromatic carbocycles. The fourth-order valence-corrected chi connectivity index (χ4v) is 2.54. The lowest BCUT2D eigenvalue weighted by molar-refractivity contribution is -0.106. The summed E-state index contributed by atoms with van der Waals surface area (Å²) in [6, 6.07) is 4.18. The Hall–Kier alpha value is -0.930. The van der Waals surface area contributed by atoms with E-state index in [9.17, 15) is 0 Å². The molecule has 1 aliphatic heterocycles. The monoisotopic (exact) mass is 276 g/mol. The average Bonchev–Trinajstić information content (AvgIpc) is 2.25. The van der Waals surface area contributed by atoms with Gasteiger partial charge in [-0.15, -0.1) is 0 Å². The second kappa shape index (κ2) is 5.82. The van der Waals surface area contributed by atoms with Gasteiger partial charge in [0.15, 0.2) is 0 Å². The minimum Gasteiger partial charge on any atom is -0.375 e. The van der Waals surface area contributed by atoms with Crippen LogP contribution in [-0.2, 0) is 11.2 Å². The van der Waals surface area contributed by atoms with Crippen molar-refractivity contribution in [1.29, 1.82) is 0 Å². The average molecular weight is 276 g/mol. The van der Waals surface area contributed by atoms with Crippen molar-refractivity contribution in [3.05, 3.63) is 30.1 Å². The van der Waals surface area contributed by atoms with E-state index in [0.29, 0.717) is 6.10 Å². The highest BCUT2D eigenvalue weighted by Gasteiger charge is 2.35. The molecule has 1 aliphatic rings. The number of pyridine rings is 1. The Labute approximate surface area is 123 Å². The molecule has 0 amide bonds. The Morgan fingerprint density at radius 3 is 2.30 bits per heavy atom. The van der Waals surface area contributed by atoms with Gasteiger partial charge in [0.25, 0.3) is 0 Å². The summed E-state index contributed by atoms with van der Waals surface area (Å²) in [7, 11) is 0. The Morgan fingerprint density at radius 1 is 1.15 bits per heavy atom. The Balaban J connectivity index is 1.74. The van der Waals surface area contributed by atoms with Crippen LogP contribution in [0.4, 0.5) is 0 Å². The molecule has 112 valence electrons. The third kappa shape index (κ3) is 4.29. The van der Waals surface area contributed by atoms with Crippen molar-refractivity contribution in [3.8, 4) is 0 Å². The Morgan fingerprint density at radius 2 is 1.75 bits per heavy atom. The summed E-state index contributed by atoms with van der Waals surface area (Å²) in [6.45, 7) is 14.3.